The second kappa shape index (κ2) is 10.6. The number of ether oxygens (including phenoxy) is 2. The molecule has 0 amide bonds. The Morgan fingerprint density at radius 1 is 0.944 bits per heavy atom. The van der Waals surface area contributed by atoms with E-state index < -0.39 is 0 Å². The first-order valence-electron chi connectivity index (χ1n) is 10.7. The minimum absolute atomic E-state index is 0.00312. The number of guanidine groups is 1. The van der Waals surface area contributed by atoms with Gasteiger partial charge in [-0.2, -0.15) is 15.2 Å². The van der Waals surface area contributed by atoms with Gasteiger partial charge < -0.3 is 37.3 Å². The van der Waals surface area contributed by atoms with Gasteiger partial charge in [0.15, 0.2) is 23.3 Å². The summed E-state index contributed by atoms with van der Waals surface area (Å²) in [6.45, 7) is 0.426. The van der Waals surface area contributed by atoms with E-state index in [2.05, 4.69) is 20.6 Å². The van der Waals surface area contributed by atoms with Gasteiger partial charge in [-0.25, -0.2) is 0 Å². The van der Waals surface area contributed by atoms with Crippen molar-refractivity contribution < 1.29 is 9.47 Å². The highest BCUT2D eigenvalue weighted by atomic mass is 16.5. The molecule has 0 radical (unpaired) electrons. The first-order chi connectivity index (χ1) is 17.4. The van der Waals surface area contributed by atoms with Crippen molar-refractivity contribution in [3.8, 4) is 29.5 Å². The molecule has 0 atom stereocenters. The summed E-state index contributed by atoms with van der Waals surface area (Å²) in [5.41, 5.74) is 20.1. The Kier molecular flexibility index (Phi) is 6.98. The lowest BCUT2D eigenvalue weighted by Crippen LogP contribution is -2.20. The third kappa shape index (κ3) is 5.70. The summed E-state index contributed by atoms with van der Waals surface area (Å²) < 4.78 is 11.8. The first kappa shape index (κ1) is 23.7. The van der Waals surface area contributed by atoms with E-state index in [1.807, 2.05) is 36.4 Å². The zero-order valence-electron chi connectivity index (χ0n) is 19.0. The molecule has 3 aromatic carbocycles. The molecular formula is C25H23N9O2. The molecule has 4 aromatic rings. The van der Waals surface area contributed by atoms with Gasteiger partial charge in [-0.1, -0.05) is 42.5 Å². The van der Waals surface area contributed by atoms with Crippen LogP contribution in [0.2, 0.25) is 0 Å². The van der Waals surface area contributed by atoms with Gasteiger partial charge in [0.2, 0.25) is 0 Å². The normalized spacial score (nSPS) is 10.2. The molecule has 4 rings (SSSR count). The molecule has 1 heterocycles. The fraction of sp³-hybridized carbons (Fsp3) is 0.0400. The summed E-state index contributed by atoms with van der Waals surface area (Å²) in [4.78, 5) is 8.72. The fourth-order valence-electron chi connectivity index (χ4n) is 3.17. The van der Waals surface area contributed by atoms with Crippen LogP contribution in [0.4, 0.5) is 22.9 Å². The smallest absolute Gasteiger partial charge is 0.327 e. The molecule has 0 unspecified atom stereocenters. The maximum Gasteiger partial charge on any atom is 0.327 e. The number of nitrogen functional groups attached to an aromatic ring is 2. The van der Waals surface area contributed by atoms with Crippen LogP contribution in [0.1, 0.15) is 11.1 Å². The van der Waals surface area contributed by atoms with Gasteiger partial charge in [0, 0.05) is 12.6 Å². The standard InChI is InChI=1S/C25H23N9O2/c26-13-16-10-11-17(27)20(12-16)36-25-33-22(31-14-15-6-2-1-3-7-15)21(28)23(34-25)35-19-9-5-4-8-18(19)32-24(29)30/h1-12H,14,27-28H2,(H4,29,30,32)(H,31,33,34). The summed E-state index contributed by atoms with van der Waals surface area (Å²) in [6, 6.07) is 23.1. The number of nitrogens with one attached hydrogen (secondary N) is 3. The summed E-state index contributed by atoms with van der Waals surface area (Å²) in [7, 11) is 0. The van der Waals surface area contributed by atoms with Gasteiger partial charge in [-0.15, -0.1) is 0 Å². The van der Waals surface area contributed by atoms with Crippen LogP contribution in [0.25, 0.3) is 0 Å². The first-order valence-corrected chi connectivity index (χ1v) is 10.7. The monoisotopic (exact) mass is 481 g/mol. The number of hydrogen-bond donors (Lipinski definition) is 6. The van der Waals surface area contributed by atoms with Crippen molar-refractivity contribution >= 4 is 28.8 Å². The molecule has 0 aliphatic carbocycles. The largest absolute Gasteiger partial charge is 0.435 e. The molecule has 1 aromatic heterocycles. The lowest BCUT2D eigenvalue weighted by molar-refractivity contribution is 0.416. The number of anilines is 4. The Morgan fingerprint density at radius 2 is 1.69 bits per heavy atom. The number of para-hydroxylation sites is 2. The molecule has 0 saturated heterocycles. The Hall–Kier alpha value is -5.50. The Labute approximate surface area is 207 Å². The Balaban J connectivity index is 1.72. The quantitative estimate of drug-likeness (QED) is 0.122. The van der Waals surface area contributed by atoms with Crippen LogP contribution in [0.15, 0.2) is 72.8 Å². The molecular weight excluding hydrogens is 458 g/mol. The molecule has 11 heteroatoms. The van der Waals surface area contributed by atoms with E-state index in [0.29, 0.717) is 29.2 Å². The van der Waals surface area contributed by atoms with Crippen molar-refractivity contribution in [2.24, 2.45) is 5.73 Å². The number of aromatic nitrogens is 2. The van der Waals surface area contributed by atoms with E-state index in [9.17, 15) is 5.26 Å². The summed E-state index contributed by atoms with van der Waals surface area (Å²) in [5.74, 6) is 0.541. The van der Waals surface area contributed by atoms with Gasteiger partial charge in [0.1, 0.15) is 5.69 Å². The molecule has 0 aliphatic rings. The average molecular weight is 482 g/mol. The van der Waals surface area contributed by atoms with Crippen LogP contribution in [-0.2, 0) is 6.54 Å². The number of rotatable bonds is 8. The number of nitrogens with zero attached hydrogens (tertiary/aromatic N) is 3. The van der Waals surface area contributed by atoms with Crippen LogP contribution >= 0.6 is 0 Å². The van der Waals surface area contributed by atoms with Gasteiger partial charge in [-0.3, -0.25) is 5.41 Å². The van der Waals surface area contributed by atoms with E-state index in [1.54, 1.807) is 36.4 Å². The van der Waals surface area contributed by atoms with E-state index in [1.165, 1.54) is 6.07 Å². The van der Waals surface area contributed by atoms with Crippen molar-refractivity contribution in [3.05, 3.63) is 83.9 Å². The topological polar surface area (TPSA) is 194 Å². The maximum absolute atomic E-state index is 9.22. The zero-order valence-corrected chi connectivity index (χ0v) is 19.0. The predicted molar refractivity (Wildman–Crippen MR) is 138 cm³/mol. The molecule has 0 bridgehead atoms. The van der Waals surface area contributed by atoms with Crippen molar-refractivity contribution in [2.45, 2.75) is 6.54 Å². The molecule has 36 heavy (non-hydrogen) atoms. The van der Waals surface area contributed by atoms with E-state index in [-0.39, 0.29) is 35.1 Å². The molecule has 180 valence electrons. The lowest BCUT2D eigenvalue weighted by Gasteiger charge is -2.16. The minimum Gasteiger partial charge on any atom is -0.435 e. The van der Waals surface area contributed by atoms with Crippen molar-refractivity contribution in [3.63, 3.8) is 0 Å². The van der Waals surface area contributed by atoms with E-state index in [0.717, 1.165) is 5.56 Å². The Bertz CT molecular complexity index is 1440. The third-order valence-corrected chi connectivity index (χ3v) is 4.90. The van der Waals surface area contributed by atoms with Crippen LogP contribution in [0.5, 0.6) is 23.4 Å². The van der Waals surface area contributed by atoms with Crippen molar-refractivity contribution in [1.29, 1.82) is 10.7 Å². The van der Waals surface area contributed by atoms with Gasteiger partial charge in [0.05, 0.1) is 23.0 Å². The van der Waals surface area contributed by atoms with Crippen LogP contribution in [0.3, 0.4) is 0 Å². The van der Waals surface area contributed by atoms with Gasteiger partial charge in [-0.05, 0) is 29.8 Å². The number of hydrogen-bond acceptors (Lipinski definition) is 9. The second-order valence-electron chi connectivity index (χ2n) is 7.52. The van der Waals surface area contributed by atoms with Crippen molar-refractivity contribution in [1.82, 2.24) is 9.97 Å². The Morgan fingerprint density at radius 3 is 2.44 bits per heavy atom. The number of nitrogens with two attached hydrogens (primary N) is 3. The molecule has 0 spiro atoms. The number of nitriles is 1. The average Bonchev–Trinajstić information content (AvgIpc) is 2.87. The zero-order chi connectivity index (χ0) is 25.5. The molecule has 0 aliphatic heterocycles. The van der Waals surface area contributed by atoms with Crippen LogP contribution < -0.4 is 37.3 Å². The second-order valence-corrected chi connectivity index (χ2v) is 7.52. The summed E-state index contributed by atoms with van der Waals surface area (Å²) in [6.07, 6.45) is 0. The lowest BCUT2D eigenvalue weighted by atomic mass is 10.2. The van der Waals surface area contributed by atoms with Crippen LogP contribution in [-0.4, -0.2) is 15.9 Å². The van der Waals surface area contributed by atoms with E-state index in [4.69, 9.17) is 32.1 Å². The van der Waals surface area contributed by atoms with Gasteiger partial charge >= 0.3 is 6.01 Å². The summed E-state index contributed by atoms with van der Waals surface area (Å²) in [5, 5.41) is 22.6. The summed E-state index contributed by atoms with van der Waals surface area (Å²) >= 11 is 0. The fourth-order valence-corrected chi connectivity index (χ4v) is 3.17. The van der Waals surface area contributed by atoms with Crippen LogP contribution in [0, 0.1) is 16.7 Å². The molecule has 9 N–H and O–H groups in total. The molecule has 0 fully saturated rings. The molecule has 0 saturated carbocycles. The number of benzene rings is 3. The highest BCUT2D eigenvalue weighted by Gasteiger charge is 2.18. The van der Waals surface area contributed by atoms with E-state index >= 15 is 0 Å². The SMILES string of the molecule is N#Cc1ccc(N)c(Oc2nc(NCc3ccccc3)c(N)c(Oc3ccccc3NC(=N)N)n2)c1. The predicted octanol–water partition coefficient (Wildman–Crippen LogP) is 4.01. The maximum atomic E-state index is 9.22. The highest BCUT2D eigenvalue weighted by molar-refractivity contribution is 5.91. The minimum atomic E-state index is -0.260. The third-order valence-electron chi connectivity index (χ3n) is 4.90. The van der Waals surface area contributed by atoms with Gasteiger partial charge in [0.25, 0.3) is 5.88 Å². The van der Waals surface area contributed by atoms with Crippen molar-refractivity contribution in [2.75, 3.05) is 22.1 Å². The molecule has 11 nitrogen and oxygen atoms in total. The highest BCUT2D eigenvalue weighted by Crippen LogP contribution is 2.37.